The van der Waals surface area contributed by atoms with Gasteiger partial charge in [0, 0.05) is 5.56 Å². The number of rotatable bonds is 1. The number of alkyl halides is 9. The van der Waals surface area contributed by atoms with Crippen molar-refractivity contribution in [3.8, 4) is 12.1 Å². The van der Waals surface area contributed by atoms with E-state index in [1.165, 1.54) is 0 Å². The van der Waals surface area contributed by atoms with Gasteiger partial charge in [0.05, 0.1) is 11.1 Å². The molecule has 23 heavy (non-hydrogen) atoms. The first-order valence-electron chi connectivity index (χ1n) is 5.39. The summed E-state index contributed by atoms with van der Waals surface area (Å²) >= 11 is 0. The van der Waals surface area contributed by atoms with Crippen LogP contribution < -0.4 is 0 Å². The Bertz CT molecular complexity index is 647. The van der Waals surface area contributed by atoms with Gasteiger partial charge in [0.2, 0.25) is 0 Å². The van der Waals surface area contributed by atoms with Crippen LogP contribution in [0.3, 0.4) is 0 Å². The summed E-state index contributed by atoms with van der Waals surface area (Å²) in [6.45, 7) is 0. The molecular formula is C12H3F9N2. The van der Waals surface area contributed by atoms with Gasteiger partial charge < -0.3 is 0 Å². The zero-order chi connectivity index (χ0) is 18.3. The van der Waals surface area contributed by atoms with E-state index in [1.807, 2.05) is 0 Å². The molecule has 0 saturated heterocycles. The highest BCUT2D eigenvalue weighted by atomic mass is 19.4. The van der Waals surface area contributed by atoms with Gasteiger partial charge in [-0.3, -0.25) is 0 Å². The molecule has 0 saturated carbocycles. The van der Waals surface area contributed by atoms with Crippen molar-refractivity contribution in [2.24, 2.45) is 0 Å². The number of halogens is 9. The van der Waals surface area contributed by atoms with Crippen LogP contribution in [-0.4, -0.2) is 18.5 Å². The van der Waals surface area contributed by atoms with Gasteiger partial charge in [-0.1, -0.05) is 12.1 Å². The Balaban J connectivity index is 4.13. The fourth-order valence-corrected chi connectivity index (χ4v) is 2.02. The minimum absolute atomic E-state index is 0.117. The molecule has 0 aliphatic heterocycles. The first kappa shape index (κ1) is 18.6. The van der Waals surface area contributed by atoms with Crippen LogP contribution in [-0.2, 0) is 5.41 Å². The summed E-state index contributed by atoms with van der Waals surface area (Å²) < 4.78 is 117. The van der Waals surface area contributed by atoms with E-state index in [-0.39, 0.29) is 6.07 Å². The lowest BCUT2D eigenvalue weighted by atomic mass is 9.75. The maximum atomic E-state index is 13.0. The zero-order valence-electron chi connectivity index (χ0n) is 10.5. The molecular weight excluding hydrogens is 343 g/mol. The molecule has 0 atom stereocenters. The second-order valence-electron chi connectivity index (χ2n) is 4.20. The van der Waals surface area contributed by atoms with E-state index < -0.39 is 40.6 Å². The first-order chi connectivity index (χ1) is 10.3. The number of hydrogen-bond donors (Lipinski definition) is 0. The minimum atomic E-state index is -6.84. The summed E-state index contributed by atoms with van der Waals surface area (Å²) in [4.78, 5) is 0. The SMILES string of the molecule is N#Cc1cccc(C(C(F)(F)F)(C(F)(F)F)C(F)(F)F)c1C#N. The standard InChI is InChI=1S/C12H3F9N2/c13-10(14,15)9(11(16,17)18,12(19,20)21)8-3-1-2-6(4-22)7(8)5-23/h1-3H. The van der Waals surface area contributed by atoms with Crippen molar-refractivity contribution in [3.05, 3.63) is 34.9 Å². The van der Waals surface area contributed by atoms with Gasteiger partial charge in [-0.25, -0.2) is 0 Å². The van der Waals surface area contributed by atoms with Crippen LogP contribution in [0.5, 0.6) is 0 Å². The average Bonchev–Trinajstić information content (AvgIpc) is 2.33. The van der Waals surface area contributed by atoms with E-state index in [4.69, 9.17) is 10.5 Å². The highest BCUT2D eigenvalue weighted by Crippen LogP contribution is 2.61. The molecule has 0 aromatic heterocycles. The van der Waals surface area contributed by atoms with E-state index >= 15 is 0 Å². The second-order valence-corrected chi connectivity index (χ2v) is 4.20. The lowest BCUT2D eigenvalue weighted by Gasteiger charge is -2.39. The van der Waals surface area contributed by atoms with Crippen LogP contribution >= 0.6 is 0 Å². The molecule has 0 aliphatic rings. The molecule has 124 valence electrons. The van der Waals surface area contributed by atoms with Crippen LogP contribution in [0, 0.1) is 22.7 Å². The Morgan fingerprint density at radius 3 is 1.43 bits per heavy atom. The minimum Gasteiger partial charge on any atom is -0.192 e. The third-order valence-corrected chi connectivity index (χ3v) is 2.98. The molecule has 0 unspecified atom stereocenters. The monoisotopic (exact) mass is 346 g/mol. The Morgan fingerprint density at radius 1 is 0.696 bits per heavy atom. The zero-order valence-corrected chi connectivity index (χ0v) is 10.5. The summed E-state index contributed by atoms with van der Waals surface area (Å²) in [5.41, 5.74) is -11.3. The molecule has 0 N–H and O–H groups in total. The van der Waals surface area contributed by atoms with Gasteiger partial charge in [-0.2, -0.15) is 50.0 Å². The van der Waals surface area contributed by atoms with Crippen LogP contribution in [0.4, 0.5) is 39.5 Å². The fraction of sp³-hybridized carbons (Fsp3) is 0.333. The van der Waals surface area contributed by atoms with Gasteiger partial charge in [-0.15, -0.1) is 0 Å². The predicted octanol–water partition coefficient (Wildman–Crippen LogP) is 4.35. The van der Waals surface area contributed by atoms with E-state index in [2.05, 4.69) is 0 Å². The Kier molecular flexibility index (Phi) is 4.32. The van der Waals surface area contributed by atoms with E-state index in [1.54, 1.807) is 0 Å². The number of nitriles is 2. The van der Waals surface area contributed by atoms with Crippen molar-refractivity contribution < 1.29 is 39.5 Å². The maximum Gasteiger partial charge on any atom is 0.416 e. The Labute approximate surface area is 122 Å². The lowest BCUT2D eigenvalue weighted by Crippen LogP contribution is -2.63. The molecule has 0 heterocycles. The quantitative estimate of drug-likeness (QED) is 0.710. The van der Waals surface area contributed by atoms with Crippen LogP contribution in [0.25, 0.3) is 0 Å². The van der Waals surface area contributed by atoms with Crippen molar-refractivity contribution in [1.82, 2.24) is 0 Å². The molecule has 2 nitrogen and oxygen atoms in total. The van der Waals surface area contributed by atoms with Crippen molar-refractivity contribution in [2.75, 3.05) is 0 Å². The van der Waals surface area contributed by atoms with E-state index in [0.29, 0.717) is 12.1 Å². The fourth-order valence-electron chi connectivity index (χ4n) is 2.02. The summed E-state index contributed by atoms with van der Waals surface area (Å²) in [6.07, 6.45) is -20.5. The van der Waals surface area contributed by atoms with Gasteiger partial charge in [0.25, 0.3) is 5.41 Å². The van der Waals surface area contributed by atoms with Crippen molar-refractivity contribution >= 4 is 0 Å². The van der Waals surface area contributed by atoms with Crippen LogP contribution in [0.2, 0.25) is 0 Å². The molecule has 11 heteroatoms. The van der Waals surface area contributed by atoms with Gasteiger partial charge >= 0.3 is 18.5 Å². The maximum absolute atomic E-state index is 13.0. The Hall–Kier alpha value is -2.43. The van der Waals surface area contributed by atoms with Crippen molar-refractivity contribution in [1.29, 1.82) is 10.5 Å². The van der Waals surface area contributed by atoms with Crippen molar-refractivity contribution in [2.45, 2.75) is 23.9 Å². The lowest BCUT2D eigenvalue weighted by molar-refractivity contribution is -0.387. The molecule has 0 aliphatic carbocycles. The van der Waals surface area contributed by atoms with Crippen LogP contribution in [0.15, 0.2) is 18.2 Å². The highest BCUT2D eigenvalue weighted by Gasteiger charge is 2.84. The summed E-state index contributed by atoms with van der Waals surface area (Å²) in [5.74, 6) is 0. The smallest absolute Gasteiger partial charge is 0.192 e. The average molecular weight is 346 g/mol. The molecule has 0 spiro atoms. The molecule has 0 fully saturated rings. The molecule has 1 aromatic carbocycles. The summed E-state index contributed by atoms with van der Waals surface area (Å²) in [5, 5.41) is 17.3. The highest BCUT2D eigenvalue weighted by molar-refractivity contribution is 5.55. The molecule has 1 rings (SSSR count). The third kappa shape index (κ3) is 2.56. The van der Waals surface area contributed by atoms with Gasteiger partial charge in [0.1, 0.15) is 12.1 Å². The number of nitrogens with zero attached hydrogens (tertiary/aromatic N) is 2. The Morgan fingerprint density at radius 2 is 1.13 bits per heavy atom. The van der Waals surface area contributed by atoms with Gasteiger partial charge in [0.15, 0.2) is 0 Å². The van der Waals surface area contributed by atoms with Gasteiger partial charge in [-0.05, 0) is 6.07 Å². The molecule has 0 bridgehead atoms. The predicted molar refractivity (Wildman–Crippen MR) is 55.7 cm³/mol. The topological polar surface area (TPSA) is 47.6 Å². The van der Waals surface area contributed by atoms with E-state index in [0.717, 1.165) is 12.1 Å². The third-order valence-electron chi connectivity index (χ3n) is 2.98. The van der Waals surface area contributed by atoms with E-state index in [9.17, 15) is 39.5 Å². The van der Waals surface area contributed by atoms with Crippen LogP contribution in [0.1, 0.15) is 16.7 Å². The second kappa shape index (κ2) is 5.33. The molecule has 0 amide bonds. The summed E-state index contributed by atoms with van der Waals surface area (Å²) in [6, 6.07) is 2.83. The van der Waals surface area contributed by atoms with Crippen molar-refractivity contribution in [3.63, 3.8) is 0 Å². The number of benzene rings is 1. The molecule has 0 radical (unpaired) electrons. The normalized spacial score (nSPS) is 13.3. The first-order valence-corrected chi connectivity index (χ1v) is 5.39. The largest absolute Gasteiger partial charge is 0.416 e. The number of hydrogen-bond acceptors (Lipinski definition) is 2. The summed E-state index contributed by atoms with van der Waals surface area (Å²) in [7, 11) is 0. The molecule has 1 aromatic rings.